The van der Waals surface area contributed by atoms with E-state index in [0.717, 1.165) is 11.0 Å². The van der Waals surface area contributed by atoms with Crippen molar-refractivity contribution in [3.8, 4) is 0 Å². The van der Waals surface area contributed by atoms with Crippen molar-refractivity contribution in [2.45, 2.75) is 6.42 Å². The number of aromatic nitrogens is 2. The second-order valence-electron chi connectivity index (χ2n) is 3.55. The van der Waals surface area contributed by atoms with Gasteiger partial charge in [-0.25, -0.2) is 4.98 Å². The van der Waals surface area contributed by atoms with E-state index in [-0.39, 0.29) is 6.42 Å². The SMILES string of the molecule is Cn1c(NCCC(=O)O)nc2ccccc21. The van der Waals surface area contributed by atoms with Crippen LogP contribution in [0.5, 0.6) is 0 Å². The Kier molecular flexibility index (Phi) is 2.76. The number of aliphatic carboxylic acids is 1. The van der Waals surface area contributed by atoms with E-state index >= 15 is 0 Å². The normalized spacial score (nSPS) is 10.6. The van der Waals surface area contributed by atoms with Gasteiger partial charge in [0.1, 0.15) is 0 Å². The van der Waals surface area contributed by atoms with E-state index in [1.165, 1.54) is 0 Å². The molecule has 5 heteroatoms. The first-order chi connectivity index (χ1) is 7.68. The molecule has 84 valence electrons. The summed E-state index contributed by atoms with van der Waals surface area (Å²) in [6.07, 6.45) is 0.0865. The lowest BCUT2D eigenvalue weighted by Crippen LogP contribution is -2.10. The van der Waals surface area contributed by atoms with Gasteiger partial charge in [0.05, 0.1) is 17.5 Å². The highest BCUT2D eigenvalue weighted by Crippen LogP contribution is 2.17. The third-order valence-electron chi connectivity index (χ3n) is 2.41. The second-order valence-corrected chi connectivity index (χ2v) is 3.55. The Balaban J connectivity index is 2.18. The molecule has 0 aliphatic heterocycles. The fourth-order valence-electron chi connectivity index (χ4n) is 1.58. The van der Waals surface area contributed by atoms with Gasteiger partial charge in [-0.2, -0.15) is 0 Å². The molecule has 0 fully saturated rings. The van der Waals surface area contributed by atoms with Crippen LogP contribution in [0.15, 0.2) is 24.3 Å². The van der Waals surface area contributed by atoms with E-state index in [2.05, 4.69) is 10.3 Å². The predicted octanol–water partition coefficient (Wildman–Crippen LogP) is 1.46. The Morgan fingerprint density at radius 2 is 2.25 bits per heavy atom. The first-order valence-corrected chi connectivity index (χ1v) is 5.05. The van der Waals surface area contributed by atoms with E-state index < -0.39 is 5.97 Å². The topological polar surface area (TPSA) is 67.2 Å². The third kappa shape index (κ3) is 1.98. The Labute approximate surface area is 92.7 Å². The maximum Gasteiger partial charge on any atom is 0.305 e. The van der Waals surface area contributed by atoms with Crippen molar-refractivity contribution < 1.29 is 9.90 Å². The first-order valence-electron chi connectivity index (χ1n) is 5.05. The molecule has 0 radical (unpaired) electrons. The minimum absolute atomic E-state index is 0.0865. The molecule has 2 rings (SSSR count). The molecule has 2 aromatic rings. The zero-order chi connectivity index (χ0) is 11.5. The summed E-state index contributed by atoms with van der Waals surface area (Å²) in [4.78, 5) is 14.7. The molecule has 1 aromatic heterocycles. The number of benzene rings is 1. The number of carboxylic acids is 1. The predicted molar refractivity (Wildman–Crippen MR) is 61.5 cm³/mol. The Hall–Kier alpha value is -2.04. The fraction of sp³-hybridized carbons (Fsp3) is 0.273. The molecular formula is C11H13N3O2. The van der Waals surface area contributed by atoms with Crippen molar-refractivity contribution in [3.05, 3.63) is 24.3 Å². The van der Waals surface area contributed by atoms with Crippen molar-refractivity contribution in [1.29, 1.82) is 0 Å². The Morgan fingerprint density at radius 3 is 2.94 bits per heavy atom. The highest BCUT2D eigenvalue weighted by atomic mass is 16.4. The summed E-state index contributed by atoms with van der Waals surface area (Å²) >= 11 is 0. The van der Waals surface area contributed by atoms with E-state index in [0.29, 0.717) is 12.5 Å². The molecule has 1 aromatic carbocycles. The maximum atomic E-state index is 10.4. The van der Waals surface area contributed by atoms with Gasteiger partial charge in [0, 0.05) is 13.6 Å². The highest BCUT2D eigenvalue weighted by molar-refractivity contribution is 5.78. The van der Waals surface area contributed by atoms with Gasteiger partial charge in [-0.05, 0) is 12.1 Å². The molecule has 0 saturated carbocycles. The van der Waals surface area contributed by atoms with Crippen molar-refractivity contribution in [2.24, 2.45) is 7.05 Å². The minimum atomic E-state index is -0.814. The summed E-state index contributed by atoms with van der Waals surface area (Å²) in [6, 6.07) is 7.78. The lowest BCUT2D eigenvalue weighted by molar-refractivity contribution is -0.136. The number of para-hydroxylation sites is 2. The van der Waals surface area contributed by atoms with Gasteiger partial charge >= 0.3 is 5.97 Å². The number of fused-ring (bicyclic) bond motifs is 1. The Morgan fingerprint density at radius 1 is 1.50 bits per heavy atom. The first kappa shape index (κ1) is 10.5. The molecule has 0 unspecified atom stereocenters. The van der Waals surface area contributed by atoms with E-state index in [1.54, 1.807) is 0 Å². The molecule has 1 heterocycles. The number of carboxylic acid groups (broad SMARTS) is 1. The molecule has 0 amide bonds. The number of anilines is 1. The summed E-state index contributed by atoms with van der Waals surface area (Å²) in [5, 5.41) is 11.5. The summed E-state index contributed by atoms with van der Waals surface area (Å²) < 4.78 is 1.91. The standard InChI is InChI=1S/C11H13N3O2/c1-14-9-5-3-2-4-8(9)13-11(14)12-7-6-10(15)16/h2-5H,6-7H2,1H3,(H,12,13)(H,15,16). The van der Waals surface area contributed by atoms with Gasteiger partial charge in [0.2, 0.25) is 5.95 Å². The number of hydrogen-bond donors (Lipinski definition) is 2. The maximum absolute atomic E-state index is 10.4. The van der Waals surface area contributed by atoms with Crippen LogP contribution in [0.2, 0.25) is 0 Å². The molecule has 2 N–H and O–H groups in total. The summed E-state index contributed by atoms with van der Waals surface area (Å²) in [5.74, 6) is -0.117. The molecule has 16 heavy (non-hydrogen) atoms. The smallest absolute Gasteiger partial charge is 0.305 e. The van der Waals surface area contributed by atoms with Crippen LogP contribution in [0, 0.1) is 0 Å². The van der Waals surface area contributed by atoms with Crippen molar-refractivity contribution in [2.75, 3.05) is 11.9 Å². The van der Waals surface area contributed by atoms with Gasteiger partial charge in [0.25, 0.3) is 0 Å². The lowest BCUT2D eigenvalue weighted by Gasteiger charge is -2.03. The van der Waals surface area contributed by atoms with Gasteiger partial charge in [-0.3, -0.25) is 4.79 Å². The highest BCUT2D eigenvalue weighted by Gasteiger charge is 2.06. The quantitative estimate of drug-likeness (QED) is 0.817. The van der Waals surface area contributed by atoms with E-state index in [9.17, 15) is 4.79 Å². The van der Waals surface area contributed by atoms with E-state index in [4.69, 9.17) is 5.11 Å². The number of rotatable bonds is 4. The van der Waals surface area contributed by atoms with E-state index in [1.807, 2.05) is 35.9 Å². The molecule has 0 atom stereocenters. The Bertz CT molecular complexity index is 519. The largest absolute Gasteiger partial charge is 0.481 e. The fourth-order valence-corrected chi connectivity index (χ4v) is 1.58. The van der Waals surface area contributed by atoms with Crippen molar-refractivity contribution in [3.63, 3.8) is 0 Å². The van der Waals surface area contributed by atoms with Crippen LogP contribution in [0.4, 0.5) is 5.95 Å². The van der Waals surface area contributed by atoms with Crippen molar-refractivity contribution >= 4 is 23.0 Å². The van der Waals surface area contributed by atoms with Crippen LogP contribution in [-0.4, -0.2) is 27.2 Å². The molecule has 0 bridgehead atoms. The minimum Gasteiger partial charge on any atom is -0.481 e. The van der Waals surface area contributed by atoms with Gasteiger partial charge in [-0.15, -0.1) is 0 Å². The summed E-state index contributed by atoms with van der Waals surface area (Å²) in [5.41, 5.74) is 1.93. The van der Waals surface area contributed by atoms with Crippen molar-refractivity contribution in [1.82, 2.24) is 9.55 Å². The van der Waals surface area contributed by atoms with Crippen LogP contribution in [0.25, 0.3) is 11.0 Å². The number of nitrogens with zero attached hydrogens (tertiary/aromatic N) is 2. The summed E-state index contributed by atoms with van der Waals surface area (Å²) in [7, 11) is 1.90. The van der Waals surface area contributed by atoms with Gasteiger partial charge in [-0.1, -0.05) is 12.1 Å². The van der Waals surface area contributed by atoms with Gasteiger partial charge < -0.3 is 15.0 Å². The number of hydrogen-bond acceptors (Lipinski definition) is 3. The molecule has 5 nitrogen and oxygen atoms in total. The number of aryl methyl sites for hydroxylation is 1. The molecule has 0 spiro atoms. The lowest BCUT2D eigenvalue weighted by atomic mass is 10.3. The molecule has 0 aliphatic rings. The number of imidazole rings is 1. The molecular weight excluding hydrogens is 206 g/mol. The van der Waals surface area contributed by atoms with Crippen LogP contribution in [0.3, 0.4) is 0 Å². The summed E-state index contributed by atoms with van der Waals surface area (Å²) in [6.45, 7) is 0.381. The molecule has 0 aliphatic carbocycles. The number of carbonyl (C=O) groups is 1. The van der Waals surface area contributed by atoms with Gasteiger partial charge in [0.15, 0.2) is 0 Å². The average Bonchev–Trinajstić information content (AvgIpc) is 2.56. The van der Waals surface area contributed by atoms with Crippen LogP contribution >= 0.6 is 0 Å². The average molecular weight is 219 g/mol. The second kappa shape index (κ2) is 4.22. The van der Waals surface area contributed by atoms with Crippen LogP contribution in [0.1, 0.15) is 6.42 Å². The number of nitrogens with one attached hydrogen (secondary N) is 1. The molecule has 0 saturated heterocycles. The van der Waals surface area contributed by atoms with Crippen LogP contribution in [-0.2, 0) is 11.8 Å². The van der Waals surface area contributed by atoms with Crippen LogP contribution < -0.4 is 5.32 Å². The monoisotopic (exact) mass is 219 g/mol. The zero-order valence-electron chi connectivity index (χ0n) is 8.97. The zero-order valence-corrected chi connectivity index (χ0v) is 8.97. The third-order valence-corrected chi connectivity index (χ3v) is 2.41.